The SMILES string of the molecule is CC(C)N1CCCC(CO)(NC2CCCC2)CC1. The van der Waals surface area contributed by atoms with Crippen molar-refractivity contribution in [2.75, 3.05) is 19.7 Å². The van der Waals surface area contributed by atoms with Crippen molar-refractivity contribution in [1.29, 1.82) is 0 Å². The Balaban J connectivity index is 1.94. The summed E-state index contributed by atoms with van der Waals surface area (Å²) in [6.45, 7) is 7.16. The van der Waals surface area contributed by atoms with Crippen LogP contribution in [0, 0.1) is 0 Å². The summed E-state index contributed by atoms with van der Waals surface area (Å²) in [5.41, 5.74) is -0.00134. The first-order valence-corrected chi connectivity index (χ1v) is 7.78. The zero-order valence-corrected chi connectivity index (χ0v) is 12.1. The molecule has 1 saturated heterocycles. The Labute approximate surface area is 112 Å². The molecule has 1 aliphatic carbocycles. The molecule has 1 heterocycles. The van der Waals surface area contributed by atoms with Gasteiger partial charge in [-0.3, -0.25) is 0 Å². The number of nitrogens with one attached hydrogen (secondary N) is 1. The average molecular weight is 254 g/mol. The first kappa shape index (κ1) is 14.3. The molecule has 1 unspecified atom stereocenters. The summed E-state index contributed by atoms with van der Waals surface area (Å²) in [5, 5.41) is 13.7. The van der Waals surface area contributed by atoms with Gasteiger partial charge in [-0.25, -0.2) is 0 Å². The average Bonchev–Trinajstić information content (AvgIpc) is 2.75. The quantitative estimate of drug-likeness (QED) is 0.807. The van der Waals surface area contributed by atoms with E-state index in [1.54, 1.807) is 0 Å². The van der Waals surface area contributed by atoms with Crippen LogP contribution in [0.25, 0.3) is 0 Å². The zero-order chi connectivity index (χ0) is 13.0. The summed E-state index contributed by atoms with van der Waals surface area (Å²) in [6.07, 6.45) is 8.75. The Morgan fingerprint density at radius 3 is 2.50 bits per heavy atom. The third-order valence-electron chi connectivity index (χ3n) is 4.88. The van der Waals surface area contributed by atoms with E-state index in [2.05, 4.69) is 24.1 Å². The largest absolute Gasteiger partial charge is 0.394 e. The highest BCUT2D eigenvalue weighted by atomic mass is 16.3. The Morgan fingerprint density at radius 1 is 1.17 bits per heavy atom. The fraction of sp³-hybridized carbons (Fsp3) is 1.00. The van der Waals surface area contributed by atoms with Gasteiger partial charge in [-0.05, 0) is 52.5 Å². The van der Waals surface area contributed by atoms with Crippen LogP contribution in [-0.2, 0) is 0 Å². The van der Waals surface area contributed by atoms with E-state index in [-0.39, 0.29) is 5.54 Å². The summed E-state index contributed by atoms with van der Waals surface area (Å²) in [5.74, 6) is 0. The highest BCUT2D eigenvalue weighted by Crippen LogP contribution is 2.27. The van der Waals surface area contributed by atoms with E-state index in [0.29, 0.717) is 18.7 Å². The van der Waals surface area contributed by atoms with E-state index in [1.165, 1.54) is 38.6 Å². The van der Waals surface area contributed by atoms with Gasteiger partial charge in [-0.2, -0.15) is 0 Å². The number of hydrogen-bond donors (Lipinski definition) is 2. The Kier molecular flexibility index (Phi) is 5.05. The molecule has 0 amide bonds. The van der Waals surface area contributed by atoms with Crippen LogP contribution in [0.5, 0.6) is 0 Å². The molecule has 3 nitrogen and oxygen atoms in total. The highest BCUT2D eigenvalue weighted by molar-refractivity contribution is 4.94. The van der Waals surface area contributed by atoms with Crippen molar-refractivity contribution in [1.82, 2.24) is 10.2 Å². The van der Waals surface area contributed by atoms with Crippen LogP contribution >= 0.6 is 0 Å². The molecule has 18 heavy (non-hydrogen) atoms. The van der Waals surface area contributed by atoms with E-state index in [4.69, 9.17) is 0 Å². The van der Waals surface area contributed by atoms with Crippen LogP contribution in [0.2, 0.25) is 0 Å². The molecule has 2 fully saturated rings. The van der Waals surface area contributed by atoms with Crippen LogP contribution in [0.4, 0.5) is 0 Å². The molecule has 3 heteroatoms. The predicted octanol–water partition coefficient (Wildman–Crippen LogP) is 2.14. The number of aliphatic hydroxyl groups is 1. The lowest BCUT2D eigenvalue weighted by Crippen LogP contribution is -2.53. The molecular formula is C15H30N2O. The smallest absolute Gasteiger partial charge is 0.0613 e. The number of likely N-dealkylation sites (tertiary alicyclic amines) is 1. The third-order valence-corrected chi connectivity index (χ3v) is 4.88. The second-order valence-electron chi connectivity index (χ2n) is 6.55. The predicted molar refractivity (Wildman–Crippen MR) is 75.8 cm³/mol. The molecule has 0 radical (unpaired) electrons. The van der Waals surface area contributed by atoms with Crippen molar-refractivity contribution in [3.05, 3.63) is 0 Å². The van der Waals surface area contributed by atoms with Gasteiger partial charge in [0.1, 0.15) is 0 Å². The lowest BCUT2D eigenvalue weighted by Gasteiger charge is -2.35. The Bertz CT molecular complexity index is 251. The lowest BCUT2D eigenvalue weighted by molar-refractivity contribution is 0.127. The van der Waals surface area contributed by atoms with Crippen molar-refractivity contribution in [3.8, 4) is 0 Å². The van der Waals surface area contributed by atoms with Crippen molar-refractivity contribution >= 4 is 0 Å². The molecule has 0 spiro atoms. The van der Waals surface area contributed by atoms with Crippen molar-refractivity contribution in [2.24, 2.45) is 0 Å². The lowest BCUT2D eigenvalue weighted by atomic mass is 9.90. The fourth-order valence-electron chi connectivity index (χ4n) is 3.58. The summed E-state index contributed by atoms with van der Waals surface area (Å²) in [7, 11) is 0. The van der Waals surface area contributed by atoms with Gasteiger partial charge in [0, 0.05) is 24.2 Å². The van der Waals surface area contributed by atoms with Gasteiger partial charge in [-0.15, -0.1) is 0 Å². The molecule has 0 bridgehead atoms. The van der Waals surface area contributed by atoms with Gasteiger partial charge in [0.05, 0.1) is 6.61 Å². The minimum atomic E-state index is -0.00134. The fourth-order valence-corrected chi connectivity index (χ4v) is 3.58. The van der Waals surface area contributed by atoms with Gasteiger partial charge in [0.2, 0.25) is 0 Å². The second-order valence-corrected chi connectivity index (χ2v) is 6.55. The third kappa shape index (κ3) is 3.46. The minimum absolute atomic E-state index is 0.00134. The van der Waals surface area contributed by atoms with Gasteiger partial charge < -0.3 is 15.3 Å². The number of hydrogen-bond acceptors (Lipinski definition) is 3. The van der Waals surface area contributed by atoms with Crippen LogP contribution in [0.1, 0.15) is 58.8 Å². The maximum Gasteiger partial charge on any atom is 0.0613 e. The van der Waals surface area contributed by atoms with Crippen LogP contribution in [-0.4, -0.2) is 47.3 Å². The summed E-state index contributed by atoms with van der Waals surface area (Å²) >= 11 is 0. The molecule has 106 valence electrons. The molecule has 1 aliphatic heterocycles. The van der Waals surface area contributed by atoms with E-state index >= 15 is 0 Å². The van der Waals surface area contributed by atoms with Gasteiger partial charge in [0.25, 0.3) is 0 Å². The van der Waals surface area contributed by atoms with E-state index < -0.39 is 0 Å². The monoisotopic (exact) mass is 254 g/mol. The molecule has 1 saturated carbocycles. The first-order valence-electron chi connectivity index (χ1n) is 7.78. The Hall–Kier alpha value is -0.120. The van der Waals surface area contributed by atoms with Gasteiger partial charge >= 0.3 is 0 Å². The summed E-state index contributed by atoms with van der Waals surface area (Å²) in [6, 6.07) is 1.29. The van der Waals surface area contributed by atoms with Crippen molar-refractivity contribution in [3.63, 3.8) is 0 Å². The summed E-state index contributed by atoms with van der Waals surface area (Å²) < 4.78 is 0. The maximum atomic E-state index is 9.87. The van der Waals surface area contributed by atoms with Crippen LogP contribution < -0.4 is 5.32 Å². The standard InChI is InChI=1S/C15H30N2O/c1-13(2)17-10-5-8-15(12-18,9-11-17)16-14-6-3-4-7-14/h13-14,16,18H,3-12H2,1-2H3. The topological polar surface area (TPSA) is 35.5 Å². The number of nitrogens with zero attached hydrogens (tertiary/aromatic N) is 1. The number of rotatable bonds is 4. The highest BCUT2D eigenvalue weighted by Gasteiger charge is 2.34. The molecule has 2 N–H and O–H groups in total. The molecule has 0 aromatic rings. The molecule has 1 atom stereocenters. The Morgan fingerprint density at radius 2 is 1.89 bits per heavy atom. The van der Waals surface area contributed by atoms with E-state index in [0.717, 1.165) is 19.4 Å². The van der Waals surface area contributed by atoms with Crippen molar-refractivity contribution in [2.45, 2.75) is 76.4 Å². The van der Waals surface area contributed by atoms with Crippen LogP contribution in [0.15, 0.2) is 0 Å². The molecule has 2 rings (SSSR count). The van der Waals surface area contributed by atoms with E-state index in [9.17, 15) is 5.11 Å². The summed E-state index contributed by atoms with van der Waals surface area (Å²) in [4.78, 5) is 2.55. The van der Waals surface area contributed by atoms with Crippen LogP contribution in [0.3, 0.4) is 0 Å². The molecule has 0 aromatic carbocycles. The number of aliphatic hydroxyl groups excluding tert-OH is 1. The van der Waals surface area contributed by atoms with Crippen molar-refractivity contribution < 1.29 is 5.11 Å². The van der Waals surface area contributed by atoms with Gasteiger partial charge in [0.15, 0.2) is 0 Å². The normalized spacial score (nSPS) is 32.0. The molecule has 2 aliphatic rings. The first-order chi connectivity index (χ1) is 8.65. The second kappa shape index (κ2) is 6.36. The zero-order valence-electron chi connectivity index (χ0n) is 12.1. The van der Waals surface area contributed by atoms with Gasteiger partial charge in [-0.1, -0.05) is 12.8 Å². The van der Waals surface area contributed by atoms with E-state index in [1.807, 2.05) is 0 Å². The minimum Gasteiger partial charge on any atom is -0.394 e. The maximum absolute atomic E-state index is 9.87. The molecule has 0 aromatic heterocycles. The molecular weight excluding hydrogens is 224 g/mol.